The maximum Gasteiger partial charge on any atom is 4.00 e. The van der Waals surface area contributed by atoms with Gasteiger partial charge in [0, 0.05) is 0 Å². The Kier molecular flexibility index (Phi) is 16.8. The second kappa shape index (κ2) is 15.0. The van der Waals surface area contributed by atoms with E-state index in [9.17, 15) is 0 Å². The van der Waals surface area contributed by atoms with E-state index in [-0.39, 0.29) is 65.9 Å². The minimum atomic E-state index is 0. The van der Waals surface area contributed by atoms with Gasteiger partial charge in [-0.15, -0.1) is 30.4 Å². The second-order valence-corrected chi connectivity index (χ2v) is 6.59. The number of rotatable bonds is 2. The van der Waals surface area contributed by atoms with Gasteiger partial charge in [0.25, 0.3) is 0 Å². The van der Waals surface area contributed by atoms with E-state index in [1.807, 2.05) is 0 Å². The van der Waals surface area contributed by atoms with Crippen LogP contribution in [0.2, 0.25) is 0 Å². The Morgan fingerprint density at radius 2 is 1.43 bits per heavy atom. The topological polar surface area (TPSA) is 0 Å². The van der Waals surface area contributed by atoms with Gasteiger partial charge in [0.05, 0.1) is 0 Å². The van der Waals surface area contributed by atoms with E-state index in [0.29, 0.717) is 5.92 Å². The molecular formula is C26H32Cl2SiZr. The van der Waals surface area contributed by atoms with Crippen molar-refractivity contribution in [1.29, 1.82) is 0 Å². The van der Waals surface area contributed by atoms with Gasteiger partial charge in [-0.05, 0) is 35.1 Å². The molecule has 3 aromatic rings. The molecule has 1 atom stereocenters. The standard InChI is InChI=1S/C23H21.CH3Si.2CH3.2ClH.Zr/c1-15-12-13-19(17(15)3)23-16(2)14-22-20(10-7-11-21(22)23)18-8-5-4-6-9-18;1-2;;;;;/h4-14,23H,1-3H3;1H,2H2;2*1H3;2*1H;/q4*-1;;;+4. The molecule has 3 aromatic carbocycles. The van der Waals surface area contributed by atoms with Crippen molar-refractivity contribution in [3.8, 4) is 11.1 Å². The van der Waals surface area contributed by atoms with Crippen molar-refractivity contribution in [2.45, 2.75) is 26.7 Å². The minimum Gasteiger partial charge on any atom is -0.533 e. The molecule has 0 aromatic heterocycles. The molecule has 0 nitrogen and oxygen atoms in total. The molecule has 4 rings (SSSR count). The number of halogens is 2. The van der Waals surface area contributed by atoms with Gasteiger partial charge in [-0.3, -0.25) is 0 Å². The third-order valence-electron chi connectivity index (χ3n) is 5.21. The average Bonchev–Trinajstić information content (AvgIpc) is 3.16. The summed E-state index contributed by atoms with van der Waals surface area (Å²) in [6.07, 6.45) is 6.91. The van der Waals surface area contributed by atoms with Crippen LogP contribution < -0.4 is 0 Å². The Hall–Kier alpha value is -0.920. The van der Waals surface area contributed by atoms with Gasteiger partial charge in [-0.2, -0.15) is 17.2 Å². The van der Waals surface area contributed by atoms with E-state index < -0.39 is 0 Å². The molecule has 0 bridgehead atoms. The van der Waals surface area contributed by atoms with Crippen LogP contribution in [0.25, 0.3) is 17.2 Å². The Bertz CT molecular complexity index is 929. The van der Waals surface area contributed by atoms with Crippen LogP contribution in [0.15, 0.2) is 66.2 Å². The van der Waals surface area contributed by atoms with Gasteiger partial charge >= 0.3 is 26.2 Å². The van der Waals surface area contributed by atoms with Crippen molar-refractivity contribution in [2.75, 3.05) is 0 Å². The van der Waals surface area contributed by atoms with Crippen molar-refractivity contribution in [2.24, 2.45) is 0 Å². The third kappa shape index (κ3) is 6.30. The van der Waals surface area contributed by atoms with Crippen molar-refractivity contribution in [3.63, 3.8) is 0 Å². The van der Waals surface area contributed by atoms with Gasteiger partial charge < -0.3 is 21.0 Å². The molecule has 0 radical (unpaired) electrons. The summed E-state index contributed by atoms with van der Waals surface area (Å²) in [5.41, 5.74) is 11.2. The molecule has 1 aliphatic carbocycles. The summed E-state index contributed by atoms with van der Waals surface area (Å²) in [7, 11) is 1.36. The van der Waals surface area contributed by atoms with Crippen LogP contribution in [0, 0.1) is 28.7 Å². The molecule has 0 heterocycles. The number of benzene rings is 2. The van der Waals surface area contributed by atoms with Crippen molar-refractivity contribution >= 4 is 46.9 Å². The smallest absolute Gasteiger partial charge is 0.533 e. The van der Waals surface area contributed by atoms with Gasteiger partial charge in [0.1, 0.15) is 0 Å². The van der Waals surface area contributed by atoms with E-state index in [1.165, 1.54) is 54.4 Å². The monoisotopic (exact) mass is 532 g/mol. The zero-order valence-corrected chi connectivity index (χ0v) is 24.0. The van der Waals surface area contributed by atoms with Crippen molar-refractivity contribution in [1.82, 2.24) is 0 Å². The second-order valence-electron chi connectivity index (χ2n) is 6.59. The molecule has 0 amide bonds. The summed E-state index contributed by atoms with van der Waals surface area (Å²) in [6.45, 7) is 6.71. The first-order chi connectivity index (χ1) is 12.2. The van der Waals surface area contributed by atoms with Crippen molar-refractivity contribution < 1.29 is 26.2 Å². The van der Waals surface area contributed by atoms with E-state index in [2.05, 4.69) is 93.7 Å². The number of hydrogen-bond acceptors (Lipinski definition) is 0. The quantitative estimate of drug-likeness (QED) is 0.248. The van der Waals surface area contributed by atoms with Gasteiger partial charge in [0.2, 0.25) is 0 Å². The Balaban J connectivity index is -0.00000101. The molecule has 158 valence electrons. The van der Waals surface area contributed by atoms with E-state index in [4.69, 9.17) is 0 Å². The van der Waals surface area contributed by atoms with Crippen LogP contribution in [0.4, 0.5) is 0 Å². The molecule has 0 saturated heterocycles. The van der Waals surface area contributed by atoms with Gasteiger partial charge in [0.15, 0.2) is 0 Å². The molecule has 0 spiro atoms. The Labute approximate surface area is 218 Å². The molecule has 0 aliphatic heterocycles. The maximum absolute atomic E-state index is 4.53. The average molecular weight is 535 g/mol. The summed E-state index contributed by atoms with van der Waals surface area (Å²) < 4.78 is 0. The predicted octanol–water partition coefficient (Wildman–Crippen LogP) is 6.91. The zero-order chi connectivity index (χ0) is 18.0. The fourth-order valence-corrected chi connectivity index (χ4v) is 3.84. The van der Waals surface area contributed by atoms with Gasteiger partial charge in [-0.1, -0.05) is 74.0 Å². The summed E-state index contributed by atoms with van der Waals surface area (Å²) in [6, 6.07) is 22.0. The van der Waals surface area contributed by atoms with Crippen LogP contribution in [-0.4, -0.2) is 16.0 Å². The zero-order valence-electron chi connectivity index (χ0n) is 18.5. The number of fused-ring (bicyclic) bond motifs is 1. The van der Waals surface area contributed by atoms with Crippen LogP contribution in [-0.2, 0) is 26.2 Å². The third-order valence-corrected chi connectivity index (χ3v) is 5.21. The fraction of sp³-hybridized carbons (Fsp3) is 0.154. The van der Waals surface area contributed by atoms with E-state index in [0.717, 1.165) is 0 Å². The predicted molar refractivity (Wildman–Crippen MR) is 141 cm³/mol. The summed E-state index contributed by atoms with van der Waals surface area (Å²) in [5, 5.41) is 0. The SMILES string of the molecule is CC1=Cc2c(-c3ccccc3)cccc2C1[c-]1ccc(C)c1C.Cl.Cl.[CH-]=[SiH2].[CH3-].[CH3-].[Zr+4]. The fourth-order valence-electron chi connectivity index (χ4n) is 3.84. The normalized spacial score (nSPS) is 12.6. The summed E-state index contributed by atoms with van der Waals surface area (Å²) in [4.78, 5) is 0. The maximum atomic E-state index is 4.53. The molecule has 0 fully saturated rings. The van der Waals surface area contributed by atoms with Crippen molar-refractivity contribution in [3.05, 3.63) is 109 Å². The minimum absolute atomic E-state index is 0. The Morgan fingerprint density at radius 3 is 1.97 bits per heavy atom. The first-order valence-electron chi connectivity index (χ1n) is 8.67. The molecule has 1 unspecified atom stereocenters. The number of aryl methyl sites for hydroxylation is 1. The van der Waals surface area contributed by atoms with Crippen LogP contribution >= 0.6 is 24.8 Å². The van der Waals surface area contributed by atoms with E-state index in [1.54, 1.807) is 0 Å². The molecular weight excluding hydrogens is 503 g/mol. The molecule has 0 saturated carbocycles. The van der Waals surface area contributed by atoms with Gasteiger partial charge in [-0.25, -0.2) is 15.9 Å². The van der Waals surface area contributed by atoms with Crippen LogP contribution in [0.1, 0.15) is 40.7 Å². The largest absolute Gasteiger partial charge is 4.00 e. The first kappa shape index (κ1) is 33.7. The number of hydrogen-bond donors (Lipinski definition) is 0. The molecule has 1 aliphatic rings. The summed E-state index contributed by atoms with van der Waals surface area (Å²) in [5.74, 6) is 0.405. The van der Waals surface area contributed by atoms with Crippen LogP contribution in [0.3, 0.4) is 0 Å². The summed E-state index contributed by atoms with van der Waals surface area (Å²) >= 11 is 0. The first-order valence-corrected chi connectivity index (χ1v) is 9.48. The molecule has 30 heavy (non-hydrogen) atoms. The van der Waals surface area contributed by atoms with E-state index >= 15 is 0 Å². The van der Waals surface area contributed by atoms with Crippen LogP contribution in [0.5, 0.6) is 0 Å². The Morgan fingerprint density at radius 1 is 0.833 bits per heavy atom. The molecule has 4 heteroatoms. The number of allylic oxidation sites excluding steroid dienone is 1. The molecule has 0 N–H and O–H groups in total.